The van der Waals surface area contributed by atoms with Gasteiger partial charge < -0.3 is 35.0 Å². The lowest BCUT2D eigenvalue weighted by molar-refractivity contribution is 0.0259. The van der Waals surface area contributed by atoms with Crippen LogP contribution in [0.25, 0.3) is 10.9 Å². The summed E-state index contributed by atoms with van der Waals surface area (Å²) in [6.45, 7) is 2.09. The summed E-state index contributed by atoms with van der Waals surface area (Å²) in [6.07, 6.45) is 3.77. The lowest BCUT2D eigenvalue weighted by Gasteiger charge is -2.12. The third-order valence-corrected chi connectivity index (χ3v) is 6.63. The van der Waals surface area contributed by atoms with Gasteiger partial charge in [0.1, 0.15) is 23.9 Å². The fourth-order valence-corrected chi connectivity index (χ4v) is 4.55. The van der Waals surface area contributed by atoms with Crippen LogP contribution in [0.1, 0.15) is 46.8 Å². The van der Waals surface area contributed by atoms with E-state index < -0.39 is 12.1 Å². The number of rotatable bonds is 11. The van der Waals surface area contributed by atoms with Crippen LogP contribution in [0.3, 0.4) is 0 Å². The molecule has 3 aromatic carbocycles. The molecule has 0 fully saturated rings. The number of fused-ring (bicyclic) bond motifs is 1. The van der Waals surface area contributed by atoms with Gasteiger partial charge in [-0.1, -0.05) is 13.3 Å². The maximum atomic E-state index is 12.4. The number of aliphatic hydroxyl groups is 1. The second-order valence-corrected chi connectivity index (χ2v) is 9.48. The minimum atomic E-state index is -0.975. The second-order valence-electron chi connectivity index (χ2n) is 9.48. The van der Waals surface area contributed by atoms with Gasteiger partial charge in [0.2, 0.25) is 0 Å². The molecule has 0 aliphatic carbocycles. The van der Waals surface area contributed by atoms with Gasteiger partial charge in [-0.05, 0) is 78.6 Å². The number of nitrogens with zero attached hydrogens (tertiary/aromatic N) is 1. The van der Waals surface area contributed by atoms with Gasteiger partial charge in [0, 0.05) is 36.3 Å². The van der Waals surface area contributed by atoms with E-state index in [-0.39, 0.29) is 36.8 Å². The molecule has 0 saturated carbocycles. The molecular weight excluding hydrogens is 484 g/mol. The minimum absolute atomic E-state index is 0.0213. The normalized spacial score (nSPS) is 12.0. The predicted molar refractivity (Wildman–Crippen MR) is 147 cm³/mol. The predicted octanol–water partition coefficient (Wildman–Crippen LogP) is 4.95. The van der Waals surface area contributed by atoms with E-state index >= 15 is 0 Å². The Hall–Kier alpha value is -4.17. The molecule has 0 spiro atoms. The van der Waals surface area contributed by atoms with E-state index in [1.54, 1.807) is 61.6 Å². The van der Waals surface area contributed by atoms with E-state index in [0.29, 0.717) is 11.1 Å². The number of aliphatic hydroxyl groups excluding tert-OH is 1. The first kappa shape index (κ1) is 26.9. The van der Waals surface area contributed by atoms with Crippen molar-refractivity contribution >= 4 is 22.6 Å². The molecule has 0 aliphatic rings. The third-order valence-electron chi connectivity index (χ3n) is 6.63. The van der Waals surface area contributed by atoms with Crippen LogP contribution in [0.4, 0.5) is 5.69 Å². The lowest BCUT2D eigenvalue weighted by Crippen LogP contribution is -2.21. The molecule has 0 unspecified atom stereocenters. The zero-order chi connectivity index (χ0) is 27.2. The fraction of sp³-hybridized carbons (Fsp3) is 0.300. The number of nitrogens with one attached hydrogen (secondary N) is 1. The van der Waals surface area contributed by atoms with Crippen molar-refractivity contribution in [2.45, 2.75) is 45.3 Å². The van der Waals surface area contributed by atoms with Gasteiger partial charge >= 0.3 is 5.97 Å². The minimum Gasteiger partial charge on any atom is -0.508 e. The van der Waals surface area contributed by atoms with E-state index in [1.807, 2.05) is 10.8 Å². The second kappa shape index (κ2) is 11.9. The third kappa shape index (κ3) is 6.20. The van der Waals surface area contributed by atoms with Crippen LogP contribution >= 0.6 is 0 Å². The summed E-state index contributed by atoms with van der Waals surface area (Å²) in [5.41, 5.74) is 4.02. The number of esters is 1. The molecule has 0 radical (unpaired) electrons. The van der Waals surface area contributed by atoms with Crippen molar-refractivity contribution in [3.05, 3.63) is 83.0 Å². The number of aromatic hydroxyl groups is 3. The average Bonchev–Trinajstić information content (AvgIpc) is 3.23. The van der Waals surface area contributed by atoms with Crippen LogP contribution in [0.5, 0.6) is 17.2 Å². The molecule has 0 amide bonds. The number of phenols is 3. The Kier molecular flexibility index (Phi) is 8.43. The number of phenolic OH excluding ortho intramolecular Hbond substituents is 3. The summed E-state index contributed by atoms with van der Waals surface area (Å²) in [5.74, 6) is -0.408. The van der Waals surface area contributed by atoms with Crippen LogP contribution in [-0.2, 0) is 24.1 Å². The van der Waals surface area contributed by atoms with Crippen LogP contribution < -0.4 is 5.32 Å². The van der Waals surface area contributed by atoms with Crippen LogP contribution in [0.15, 0.2) is 60.8 Å². The Morgan fingerprint density at radius 2 is 1.74 bits per heavy atom. The first-order valence-corrected chi connectivity index (χ1v) is 12.8. The SMILES string of the molecule is CCCCc1cc(O)c(Cn2cc(C[C@H](O)COC(=O)c3ccc(NC)cc3)c3cc(O)ccc32)c(O)c1. The van der Waals surface area contributed by atoms with Crippen molar-refractivity contribution in [2.75, 3.05) is 19.0 Å². The molecule has 1 aromatic heterocycles. The van der Waals surface area contributed by atoms with Crippen molar-refractivity contribution < 1.29 is 30.0 Å². The molecule has 1 atom stereocenters. The highest BCUT2D eigenvalue weighted by Gasteiger charge is 2.18. The van der Waals surface area contributed by atoms with Gasteiger partial charge in [-0.3, -0.25) is 0 Å². The zero-order valence-corrected chi connectivity index (χ0v) is 21.6. The monoisotopic (exact) mass is 518 g/mol. The van der Waals surface area contributed by atoms with E-state index in [4.69, 9.17) is 4.74 Å². The maximum absolute atomic E-state index is 12.4. The summed E-state index contributed by atoms with van der Waals surface area (Å²) >= 11 is 0. The highest BCUT2D eigenvalue weighted by Crippen LogP contribution is 2.33. The smallest absolute Gasteiger partial charge is 0.338 e. The van der Waals surface area contributed by atoms with E-state index in [2.05, 4.69) is 12.2 Å². The van der Waals surface area contributed by atoms with Gasteiger partial charge in [-0.2, -0.15) is 0 Å². The number of carbonyl (C=O) groups excluding carboxylic acids is 1. The van der Waals surface area contributed by atoms with Crippen molar-refractivity contribution in [1.82, 2.24) is 4.57 Å². The van der Waals surface area contributed by atoms with Gasteiger partial charge in [0.25, 0.3) is 0 Å². The van der Waals surface area contributed by atoms with Gasteiger partial charge in [0.15, 0.2) is 0 Å². The lowest BCUT2D eigenvalue weighted by atomic mass is 10.0. The molecule has 0 saturated heterocycles. The standard InChI is InChI=1S/C30H34N2O6/c1-3-4-5-19-12-28(35)26(29(36)13-19)17-32-16-21(25-15-23(33)10-11-27(25)32)14-24(34)18-38-30(37)20-6-8-22(31-2)9-7-20/h6-13,15-16,24,31,33-36H,3-5,14,17-18H2,1-2H3/t24-/m0/s1. The average molecular weight is 519 g/mol. The molecule has 4 aromatic rings. The molecule has 4 rings (SSSR count). The van der Waals surface area contributed by atoms with Crippen molar-refractivity contribution in [2.24, 2.45) is 0 Å². The van der Waals surface area contributed by atoms with Gasteiger partial charge in [-0.25, -0.2) is 4.79 Å². The number of aromatic nitrogens is 1. The first-order chi connectivity index (χ1) is 18.3. The Balaban J connectivity index is 1.51. The van der Waals surface area contributed by atoms with E-state index in [9.17, 15) is 25.2 Å². The summed E-state index contributed by atoms with van der Waals surface area (Å²) in [7, 11) is 1.79. The molecule has 38 heavy (non-hydrogen) atoms. The number of benzene rings is 3. The summed E-state index contributed by atoms with van der Waals surface area (Å²) in [4.78, 5) is 12.4. The summed E-state index contributed by atoms with van der Waals surface area (Å²) in [6, 6.07) is 15.1. The van der Waals surface area contributed by atoms with Crippen molar-refractivity contribution in [1.29, 1.82) is 0 Å². The van der Waals surface area contributed by atoms with Gasteiger partial charge in [0.05, 0.1) is 23.8 Å². The van der Waals surface area contributed by atoms with Crippen LogP contribution in [-0.4, -0.2) is 50.7 Å². The quantitative estimate of drug-likeness (QED) is 0.178. The van der Waals surface area contributed by atoms with Gasteiger partial charge in [-0.15, -0.1) is 0 Å². The number of aryl methyl sites for hydroxylation is 1. The van der Waals surface area contributed by atoms with E-state index in [1.165, 1.54) is 0 Å². The van der Waals surface area contributed by atoms with Crippen LogP contribution in [0, 0.1) is 0 Å². The first-order valence-electron chi connectivity index (χ1n) is 12.8. The highest BCUT2D eigenvalue weighted by atomic mass is 16.5. The molecule has 8 nitrogen and oxygen atoms in total. The summed E-state index contributed by atoms with van der Waals surface area (Å²) in [5, 5.41) is 45.7. The van der Waals surface area contributed by atoms with Crippen LogP contribution in [0.2, 0.25) is 0 Å². The molecule has 0 bridgehead atoms. The largest absolute Gasteiger partial charge is 0.508 e. The maximum Gasteiger partial charge on any atom is 0.338 e. The number of hydrogen-bond donors (Lipinski definition) is 5. The molecular formula is C30H34N2O6. The molecule has 8 heteroatoms. The zero-order valence-electron chi connectivity index (χ0n) is 21.6. The Morgan fingerprint density at radius 1 is 1.03 bits per heavy atom. The summed E-state index contributed by atoms with van der Waals surface area (Å²) < 4.78 is 7.17. The van der Waals surface area contributed by atoms with E-state index in [0.717, 1.165) is 47.0 Å². The Bertz CT molecular complexity index is 1390. The number of anilines is 1. The van der Waals surface area contributed by atoms with Crippen molar-refractivity contribution in [3.63, 3.8) is 0 Å². The molecule has 0 aliphatic heterocycles. The van der Waals surface area contributed by atoms with Crippen molar-refractivity contribution in [3.8, 4) is 17.2 Å². The number of hydrogen-bond acceptors (Lipinski definition) is 7. The molecule has 200 valence electrons. The topological polar surface area (TPSA) is 124 Å². The Labute approximate surface area is 221 Å². The fourth-order valence-electron chi connectivity index (χ4n) is 4.55. The number of unbranched alkanes of at least 4 members (excludes halogenated alkanes) is 1. The number of carbonyl (C=O) groups is 1. The molecule has 1 heterocycles. The number of ether oxygens (including phenoxy) is 1. The highest BCUT2D eigenvalue weighted by molar-refractivity contribution is 5.90. The molecule has 5 N–H and O–H groups in total. The Morgan fingerprint density at radius 3 is 2.39 bits per heavy atom.